The van der Waals surface area contributed by atoms with E-state index in [2.05, 4.69) is 5.32 Å². The standard InChI is InChI=1S/C9H17NO2/c1-2-8(6-11)10-9(12)5-7-3-4-7/h7-8,11H,2-6H2,1H3,(H,10,12)/t8-/m0/s1. The Bertz CT molecular complexity index is 151. The second-order valence-corrected chi connectivity index (χ2v) is 3.50. The monoisotopic (exact) mass is 171 g/mol. The Morgan fingerprint density at radius 3 is 2.75 bits per heavy atom. The Labute approximate surface area is 73.2 Å². The highest BCUT2D eigenvalue weighted by molar-refractivity contribution is 5.76. The van der Waals surface area contributed by atoms with Gasteiger partial charge in [0, 0.05) is 6.42 Å². The summed E-state index contributed by atoms with van der Waals surface area (Å²) in [7, 11) is 0. The van der Waals surface area contributed by atoms with Crippen molar-refractivity contribution in [2.75, 3.05) is 6.61 Å². The molecule has 0 heterocycles. The summed E-state index contributed by atoms with van der Waals surface area (Å²) in [4.78, 5) is 11.2. The molecule has 12 heavy (non-hydrogen) atoms. The van der Waals surface area contributed by atoms with E-state index in [-0.39, 0.29) is 18.6 Å². The van der Waals surface area contributed by atoms with Crippen LogP contribution in [0, 0.1) is 5.92 Å². The Morgan fingerprint density at radius 2 is 2.33 bits per heavy atom. The molecule has 0 aromatic carbocycles. The summed E-state index contributed by atoms with van der Waals surface area (Å²) in [5.74, 6) is 0.722. The van der Waals surface area contributed by atoms with Gasteiger partial charge in [0.15, 0.2) is 0 Å². The molecule has 1 saturated carbocycles. The normalized spacial score (nSPS) is 18.8. The molecular weight excluding hydrogens is 154 g/mol. The minimum atomic E-state index is -0.0451. The zero-order valence-electron chi connectivity index (χ0n) is 7.55. The zero-order chi connectivity index (χ0) is 8.97. The van der Waals surface area contributed by atoms with Crippen molar-refractivity contribution < 1.29 is 9.90 Å². The van der Waals surface area contributed by atoms with E-state index in [1.807, 2.05) is 6.92 Å². The number of hydrogen-bond donors (Lipinski definition) is 2. The van der Waals surface area contributed by atoms with E-state index >= 15 is 0 Å². The van der Waals surface area contributed by atoms with Crippen LogP contribution in [-0.2, 0) is 4.79 Å². The average Bonchev–Trinajstić information content (AvgIpc) is 2.84. The largest absolute Gasteiger partial charge is 0.394 e. The zero-order valence-corrected chi connectivity index (χ0v) is 7.55. The van der Waals surface area contributed by atoms with Crippen molar-refractivity contribution in [3.8, 4) is 0 Å². The summed E-state index contributed by atoms with van der Waals surface area (Å²) in [6.07, 6.45) is 3.84. The van der Waals surface area contributed by atoms with E-state index in [0.717, 1.165) is 6.42 Å². The molecule has 0 aliphatic heterocycles. The SMILES string of the molecule is CC[C@@H](CO)NC(=O)CC1CC1. The lowest BCUT2D eigenvalue weighted by Gasteiger charge is -2.13. The van der Waals surface area contributed by atoms with Gasteiger partial charge in [-0.25, -0.2) is 0 Å². The number of carbonyl (C=O) groups excluding carboxylic acids is 1. The molecule has 3 nitrogen and oxygen atoms in total. The summed E-state index contributed by atoms with van der Waals surface area (Å²) in [5.41, 5.74) is 0. The lowest BCUT2D eigenvalue weighted by atomic mass is 10.2. The van der Waals surface area contributed by atoms with Crippen molar-refractivity contribution in [1.82, 2.24) is 5.32 Å². The Balaban J connectivity index is 2.13. The van der Waals surface area contributed by atoms with Gasteiger partial charge in [0.25, 0.3) is 0 Å². The highest BCUT2D eigenvalue weighted by atomic mass is 16.3. The molecule has 0 bridgehead atoms. The summed E-state index contributed by atoms with van der Waals surface area (Å²) >= 11 is 0. The molecular formula is C9H17NO2. The van der Waals surface area contributed by atoms with Crippen LogP contribution in [0.3, 0.4) is 0 Å². The predicted molar refractivity (Wildman–Crippen MR) is 46.6 cm³/mol. The molecule has 1 atom stereocenters. The van der Waals surface area contributed by atoms with E-state index in [9.17, 15) is 4.79 Å². The second kappa shape index (κ2) is 4.45. The van der Waals surface area contributed by atoms with Crippen LogP contribution >= 0.6 is 0 Å². The van der Waals surface area contributed by atoms with Gasteiger partial charge in [-0.1, -0.05) is 6.92 Å². The number of carbonyl (C=O) groups is 1. The number of amides is 1. The molecule has 0 radical (unpaired) electrons. The van der Waals surface area contributed by atoms with Gasteiger partial charge >= 0.3 is 0 Å². The molecule has 3 heteroatoms. The smallest absolute Gasteiger partial charge is 0.220 e. The minimum Gasteiger partial charge on any atom is -0.394 e. The van der Waals surface area contributed by atoms with Crippen molar-refractivity contribution in [3.05, 3.63) is 0 Å². The first kappa shape index (κ1) is 9.52. The molecule has 1 aliphatic carbocycles. The van der Waals surface area contributed by atoms with Crippen molar-refractivity contribution in [2.45, 2.75) is 38.6 Å². The molecule has 0 aromatic heterocycles. The Kier molecular flexibility index (Phi) is 3.53. The number of nitrogens with one attached hydrogen (secondary N) is 1. The van der Waals surface area contributed by atoms with E-state index < -0.39 is 0 Å². The fourth-order valence-corrected chi connectivity index (χ4v) is 1.15. The average molecular weight is 171 g/mol. The molecule has 0 aromatic rings. The Hall–Kier alpha value is -0.570. The van der Waals surface area contributed by atoms with Crippen LogP contribution in [0.5, 0.6) is 0 Å². The first-order valence-corrected chi connectivity index (χ1v) is 4.66. The van der Waals surface area contributed by atoms with Gasteiger partial charge in [-0.05, 0) is 25.2 Å². The third-order valence-electron chi connectivity index (χ3n) is 2.25. The summed E-state index contributed by atoms with van der Waals surface area (Å²) in [5, 5.41) is 11.6. The van der Waals surface area contributed by atoms with Gasteiger partial charge in [-0.3, -0.25) is 4.79 Å². The van der Waals surface area contributed by atoms with Gasteiger partial charge in [0.1, 0.15) is 0 Å². The summed E-state index contributed by atoms with van der Waals surface area (Å²) in [6.45, 7) is 2.01. The lowest BCUT2D eigenvalue weighted by molar-refractivity contribution is -0.122. The van der Waals surface area contributed by atoms with Crippen LogP contribution in [0.25, 0.3) is 0 Å². The maximum Gasteiger partial charge on any atom is 0.220 e. The van der Waals surface area contributed by atoms with Crippen LogP contribution in [-0.4, -0.2) is 23.7 Å². The minimum absolute atomic E-state index is 0.0451. The highest BCUT2D eigenvalue weighted by Crippen LogP contribution is 2.32. The molecule has 1 rings (SSSR count). The fourth-order valence-electron chi connectivity index (χ4n) is 1.15. The van der Waals surface area contributed by atoms with Gasteiger partial charge < -0.3 is 10.4 Å². The number of hydrogen-bond acceptors (Lipinski definition) is 2. The van der Waals surface area contributed by atoms with Crippen molar-refractivity contribution in [1.29, 1.82) is 0 Å². The van der Waals surface area contributed by atoms with Gasteiger partial charge in [-0.15, -0.1) is 0 Å². The maximum atomic E-state index is 11.2. The Morgan fingerprint density at radius 1 is 1.67 bits per heavy atom. The third kappa shape index (κ3) is 3.22. The van der Waals surface area contributed by atoms with Crippen LogP contribution in [0.1, 0.15) is 32.6 Å². The molecule has 2 N–H and O–H groups in total. The maximum absolute atomic E-state index is 11.2. The number of aliphatic hydroxyl groups excluding tert-OH is 1. The molecule has 70 valence electrons. The number of rotatable bonds is 5. The van der Waals surface area contributed by atoms with Crippen LogP contribution < -0.4 is 5.32 Å². The van der Waals surface area contributed by atoms with Crippen molar-refractivity contribution >= 4 is 5.91 Å². The molecule has 0 spiro atoms. The van der Waals surface area contributed by atoms with E-state index in [4.69, 9.17) is 5.11 Å². The quantitative estimate of drug-likeness (QED) is 0.639. The molecule has 0 unspecified atom stereocenters. The topological polar surface area (TPSA) is 49.3 Å². The first-order chi connectivity index (χ1) is 5.76. The van der Waals surface area contributed by atoms with Gasteiger partial charge in [-0.2, -0.15) is 0 Å². The van der Waals surface area contributed by atoms with E-state index in [0.29, 0.717) is 12.3 Å². The molecule has 1 fully saturated rings. The molecule has 0 saturated heterocycles. The van der Waals surface area contributed by atoms with Gasteiger partial charge in [0.2, 0.25) is 5.91 Å². The van der Waals surface area contributed by atoms with Crippen LogP contribution in [0.15, 0.2) is 0 Å². The number of aliphatic hydroxyl groups is 1. The first-order valence-electron chi connectivity index (χ1n) is 4.66. The third-order valence-corrected chi connectivity index (χ3v) is 2.25. The van der Waals surface area contributed by atoms with Crippen LogP contribution in [0.4, 0.5) is 0 Å². The van der Waals surface area contributed by atoms with E-state index in [1.54, 1.807) is 0 Å². The fraction of sp³-hybridized carbons (Fsp3) is 0.889. The predicted octanol–water partition coefficient (Wildman–Crippen LogP) is 0.674. The van der Waals surface area contributed by atoms with Gasteiger partial charge in [0.05, 0.1) is 12.6 Å². The highest BCUT2D eigenvalue weighted by Gasteiger charge is 2.24. The molecule has 1 aliphatic rings. The molecule has 1 amide bonds. The summed E-state index contributed by atoms with van der Waals surface area (Å²) < 4.78 is 0. The lowest BCUT2D eigenvalue weighted by Crippen LogP contribution is -2.36. The summed E-state index contributed by atoms with van der Waals surface area (Å²) in [6, 6.07) is -0.0451. The second-order valence-electron chi connectivity index (χ2n) is 3.50. The van der Waals surface area contributed by atoms with E-state index in [1.165, 1.54) is 12.8 Å². The van der Waals surface area contributed by atoms with Crippen molar-refractivity contribution in [3.63, 3.8) is 0 Å². The van der Waals surface area contributed by atoms with Crippen LogP contribution in [0.2, 0.25) is 0 Å². The van der Waals surface area contributed by atoms with Crippen molar-refractivity contribution in [2.24, 2.45) is 5.92 Å².